The van der Waals surface area contributed by atoms with E-state index in [1.165, 1.54) is 19.2 Å². The Balaban J connectivity index is 1.48. The van der Waals surface area contributed by atoms with Crippen molar-refractivity contribution < 1.29 is 22.7 Å². The number of sulfonamides is 1. The molecule has 2 aromatic rings. The lowest BCUT2D eigenvalue weighted by atomic mass is 10.1. The molecule has 0 atom stereocenters. The van der Waals surface area contributed by atoms with Crippen LogP contribution in [0.5, 0.6) is 11.5 Å². The number of rotatable bonds is 7. The van der Waals surface area contributed by atoms with E-state index in [1.54, 1.807) is 12.1 Å². The standard InChI is InChI=1S/C19H22N2O5S/c1-20-27(23,24)16-6-2-14(3-7-16)5-9-19(22)21-13-15-4-8-17-18(12-15)26-11-10-25-17/h2-4,6-8,12,20H,5,9-11,13H2,1H3,(H,21,22). The molecule has 8 heteroatoms. The van der Waals surface area contributed by atoms with Gasteiger partial charge in [0.15, 0.2) is 11.5 Å². The average molecular weight is 390 g/mol. The summed E-state index contributed by atoms with van der Waals surface area (Å²) in [7, 11) is -2.07. The molecule has 0 radical (unpaired) electrons. The van der Waals surface area contributed by atoms with Gasteiger partial charge in [0.1, 0.15) is 13.2 Å². The molecule has 0 saturated carbocycles. The highest BCUT2D eigenvalue weighted by Crippen LogP contribution is 2.30. The van der Waals surface area contributed by atoms with Crippen LogP contribution in [0.1, 0.15) is 17.5 Å². The van der Waals surface area contributed by atoms with Crippen molar-refractivity contribution in [3.63, 3.8) is 0 Å². The molecule has 2 aromatic carbocycles. The second kappa shape index (κ2) is 8.41. The number of benzene rings is 2. The quantitative estimate of drug-likeness (QED) is 0.749. The first-order valence-electron chi connectivity index (χ1n) is 8.65. The number of ether oxygens (including phenoxy) is 2. The Hall–Kier alpha value is -2.58. The summed E-state index contributed by atoms with van der Waals surface area (Å²) in [6, 6.07) is 12.1. The SMILES string of the molecule is CNS(=O)(=O)c1ccc(CCC(=O)NCc2ccc3c(c2)OCCO3)cc1. The summed E-state index contributed by atoms with van der Waals surface area (Å²) < 4.78 is 36.7. The molecule has 0 spiro atoms. The number of aryl methyl sites for hydroxylation is 1. The van der Waals surface area contributed by atoms with E-state index < -0.39 is 10.0 Å². The lowest BCUT2D eigenvalue weighted by molar-refractivity contribution is -0.121. The number of fused-ring (bicyclic) bond motifs is 1. The van der Waals surface area contributed by atoms with Crippen LogP contribution in [-0.2, 0) is 27.8 Å². The van der Waals surface area contributed by atoms with E-state index in [-0.39, 0.29) is 10.8 Å². The number of carbonyl (C=O) groups excluding carboxylic acids is 1. The minimum atomic E-state index is -3.44. The average Bonchev–Trinajstić information content (AvgIpc) is 2.71. The molecule has 144 valence electrons. The summed E-state index contributed by atoms with van der Waals surface area (Å²) in [4.78, 5) is 12.3. The van der Waals surface area contributed by atoms with Crippen molar-refractivity contribution in [3.05, 3.63) is 53.6 Å². The van der Waals surface area contributed by atoms with Gasteiger partial charge in [0, 0.05) is 13.0 Å². The molecule has 0 bridgehead atoms. The monoisotopic (exact) mass is 390 g/mol. The Morgan fingerprint density at radius 2 is 1.67 bits per heavy atom. The second-order valence-electron chi connectivity index (χ2n) is 6.11. The van der Waals surface area contributed by atoms with E-state index in [0.29, 0.717) is 38.3 Å². The van der Waals surface area contributed by atoms with Crippen LogP contribution in [0, 0.1) is 0 Å². The van der Waals surface area contributed by atoms with Crippen molar-refractivity contribution in [3.8, 4) is 11.5 Å². The molecule has 2 N–H and O–H groups in total. The number of hydrogen-bond donors (Lipinski definition) is 2. The van der Waals surface area contributed by atoms with Gasteiger partial charge < -0.3 is 14.8 Å². The number of hydrogen-bond acceptors (Lipinski definition) is 5. The Kier molecular flexibility index (Phi) is 5.98. The molecule has 1 heterocycles. The van der Waals surface area contributed by atoms with Crippen LogP contribution in [0.3, 0.4) is 0 Å². The van der Waals surface area contributed by atoms with Gasteiger partial charge in [-0.05, 0) is 48.9 Å². The minimum Gasteiger partial charge on any atom is -0.486 e. The zero-order chi connectivity index (χ0) is 19.3. The van der Waals surface area contributed by atoms with Gasteiger partial charge in [-0.1, -0.05) is 18.2 Å². The van der Waals surface area contributed by atoms with Gasteiger partial charge in [-0.25, -0.2) is 13.1 Å². The van der Waals surface area contributed by atoms with E-state index in [1.807, 2.05) is 18.2 Å². The summed E-state index contributed by atoms with van der Waals surface area (Å²) in [6.07, 6.45) is 0.857. The van der Waals surface area contributed by atoms with Crippen molar-refractivity contribution in [2.45, 2.75) is 24.3 Å². The van der Waals surface area contributed by atoms with Crippen LogP contribution in [0.15, 0.2) is 47.4 Å². The highest BCUT2D eigenvalue weighted by Gasteiger charge is 2.13. The molecule has 0 aliphatic carbocycles. The fourth-order valence-corrected chi connectivity index (χ4v) is 3.43. The maximum absolute atomic E-state index is 12.1. The van der Waals surface area contributed by atoms with Gasteiger partial charge in [-0.15, -0.1) is 0 Å². The predicted molar refractivity (Wildman–Crippen MR) is 100 cm³/mol. The molecule has 7 nitrogen and oxygen atoms in total. The lowest BCUT2D eigenvalue weighted by Gasteiger charge is -2.19. The molecule has 0 aromatic heterocycles. The molecule has 1 amide bonds. The summed E-state index contributed by atoms with van der Waals surface area (Å²) >= 11 is 0. The van der Waals surface area contributed by atoms with Crippen LogP contribution in [-0.4, -0.2) is 34.6 Å². The Bertz CT molecular complexity index is 910. The molecule has 3 rings (SSSR count). The van der Waals surface area contributed by atoms with Crippen molar-refractivity contribution in [1.82, 2.24) is 10.0 Å². The van der Waals surface area contributed by atoms with E-state index in [4.69, 9.17) is 9.47 Å². The highest BCUT2D eigenvalue weighted by molar-refractivity contribution is 7.89. The van der Waals surface area contributed by atoms with E-state index in [2.05, 4.69) is 10.0 Å². The fraction of sp³-hybridized carbons (Fsp3) is 0.316. The molecule has 1 aliphatic rings. The van der Waals surface area contributed by atoms with Crippen LogP contribution >= 0.6 is 0 Å². The molecular weight excluding hydrogens is 368 g/mol. The topological polar surface area (TPSA) is 93.7 Å². The zero-order valence-electron chi connectivity index (χ0n) is 15.0. The molecule has 0 fully saturated rings. The molecule has 1 aliphatic heterocycles. The highest BCUT2D eigenvalue weighted by atomic mass is 32.2. The Labute approximate surface area is 158 Å². The Morgan fingerprint density at radius 1 is 1.00 bits per heavy atom. The van der Waals surface area contributed by atoms with Crippen molar-refractivity contribution >= 4 is 15.9 Å². The third kappa shape index (κ3) is 4.99. The summed E-state index contributed by atoms with van der Waals surface area (Å²) in [5.74, 6) is 1.35. The summed E-state index contributed by atoms with van der Waals surface area (Å²) in [5, 5.41) is 2.88. The van der Waals surface area contributed by atoms with E-state index in [9.17, 15) is 13.2 Å². The number of carbonyl (C=O) groups is 1. The maximum Gasteiger partial charge on any atom is 0.240 e. The van der Waals surface area contributed by atoms with Gasteiger partial charge in [0.05, 0.1) is 4.90 Å². The molecule has 0 unspecified atom stereocenters. The third-order valence-corrected chi connectivity index (χ3v) is 5.67. The summed E-state index contributed by atoms with van der Waals surface area (Å²) in [6.45, 7) is 1.48. The van der Waals surface area contributed by atoms with Crippen LogP contribution in [0.25, 0.3) is 0 Å². The van der Waals surface area contributed by atoms with Crippen molar-refractivity contribution in [2.24, 2.45) is 0 Å². The largest absolute Gasteiger partial charge is 0.486 e. The third-order valence-electron chi connectivity index (χ3n) is 4.24. The Morgan fingerprint density at radius 3 is 2.37 bits per heavy atom. The number of amides is 1. The lowest BCUT2D eigenvalue weighted by Crippen LogP contribution is -2.23. The second-order valence-corrected chi connectivity index (χ2v) is 7.99. The van der Waals surface area contributed by atoms with Crippen molar-refractivity contribution in [1.29, 1.82) is 0 Å². The van der Waals surface area contributed by atoms with Crippen LogP contribution in [0.2, 0.25) is 0 Å². The van der Waals surface area contributed by atoms with Gasteiger partial charge in [-0.3, -0.25) is 4.79 Å². The van der Waals surface area contributed by atoms with Gasteiger partial charge >= 0.3 is 0 Å². The molecular formula is C19H22N2O5S. The normalized spacial score (nSPS) is 13.2. The summed E-state index contributed by atoms with van der Waals surface area (Å²) in [5.41, 5.74) is 1.84. The predicted octanol–water partition coefficient (Wildman–Crippen LogP) is 1.61. The minimum absolute atomic E-state index is 0.0724. The smallest absolute Gasteiger partial charge is 0.240 e. The molecule has 27 heavy (non-hydrogen) atoms. The van der Waals surface area contributed by atoms with Crippen molar-refractivity contribution in [2.75, 3.05) is 20.3 Å². The fourth-order valence-electron chi connectivity index (χ4n) is 2.70. The van der Waals surface area contributed by atoms with Crippen LogP contribution in [0.4, 0.5) is 0 Å². The maximum atomic E-state index is 12.1. The molecule has 0 saturated heterocycles. The first-order chi connectivity index (χ1) is 13.0. The van der Waals surface area contributed by atoms with E-state index in [0.717, 1.165) is 16.9 Å². The number of nitrogens with one attached hydrogen (secondary N) is 2. The van der Waals surface area contributed by atoms with Crippen LogP contribution < -0.4 is 19.5 Å². The zero-order valence-corrected chi connectivity index (χ0v) is 15.8. The van der Waals surface area contributed by atoms with Gasteiger partial charge in [-0.2, -0.15) is 0 Å². The van der Waals surface area contributed by atoms with Gasteiger partial charge in [0.2, 0.25) is 15.9 Å². The van der Waals surface area contributed by atoms with Gasteiger partial charge in [0.25, 0.3) is 0 Å². The first-order valence-corrected chi connectivity index (χ1v) is 10.1. The first kappa shape index (κ1) is 19.2. The van der Waals surface area contributed by atoms with E-state index >= 15 is 0 Å².